The molecule has 0 aliphatic heterocycles. The summed E-state index contributed by atoms with van der Waals surface area (Å²) in [6.07, 6.45) is 0. The Kier molecular flexibility index (Phi) is 5.80. The first-order valence-electron chi connectivity index (χ1n) is 4.22. The van der Waals surface area contributed by atoms with Crippen LogP contribution in [0.5, 0.6) is 0 Å². The highest BCUT2D eigenvalue weighted by molar-refractivity contribution is 9.10. The molecule has 6 heteroatoms. The van der Waals surface area contributed by atoms with E-state index < -0.39 is 9.84 Å². The summed E-state index contributed by atoms with van der Waals surface area (Å²) < 4.78 is 24.1. The van der Waals surface area contributed by atoms with Crippen molar-refractivity contribution in [3.63, 3.8) is 0 Å². The fraction of sp³-hybridized carbons (Fsp3) is 0.333. The van der Waals surface area contributed by atoms with Crippen molar-refractivity contribution < 1.29 is 8.42 Å². The van der Waals surface area contributed by atoms with Crippen molar-refractivity contribution in [2.24, 2.45) is 5.73 Å². The average Bonchev–Trinajstić information content (AvgIpc) is 2.17. The molecule has 0 aliphatic rings. The molecule has 0 atom stereocenters. The summed E-state index contributed by atoms with van der Waals surface area (Å²) in [7, 11) is -3.16. The molecule has 0 heterocycles. The van der Waals surface area contributed by atoms with Gasteiger partial charge in [0.25, 0.3) is 0 Å². The maximum atomic E-state index is 11.6. The molecule has 2 N–H and O–H groups in total. The summed E-state index contributed by atoms with van der Waals surface area (Å²) in [5, 5.41) is 0. The van der Waals surface area contributed by atoms with Gasteiger partial charge in [-0.15, -0.1) is 12.4 Å². The standard InChI is InChI=1S/C9H12BrNO2S.ClH/c1-2-14(12,13)9-4-3-8(10)5-7(9)6-11;/h3-5H,2,6,11H2,1H3;1H. The molecule has 15 heavy (non-hydrogen) atoms. The van der Waals surface area contributed by atoms with E-state index in [9.17, 15) is 8.42 Å². The lowest BCUT2D eigenvalue weighted by molar-refractivity contribution is 0.596. The smallest absolute Gasteiger partial charge is 0.178 e. The van der Waals surface area contributed by atoms with Crippen LogP contribution in [0.2, 0.25) is 0 Å². The summed E-state index contributed by atoms with van der Waals surface area (Å²) in [5.41, 5.74) is 6.14. The Balaban J connectivity index is 0.00000196. The first kappa shape index (κ1) is 14.9. The van der Waals surface area contributed by atoms with Gasteiger partial charge in [0, 0.05) is 11.0 Å². The quantitative estimate of drug-likeness (QED) is 0.929. The zero-order valence-corrected chi connectivity index (χ0v) is 11.5. The summed E-state index contributed by atoms with van der Waals surface area (Å²) in [5.74, 6) is 0.0988. The molecule has 0 spiro atoms. The van der Waals surface area contributed by atoms with Gasteiger partial charge in [0.15, 0.2) is 9.84 Å². The van der Waals surface area contributed by atoms with E-state index in [4.69, 9.17) is 5.73 Å². The van der Waals surface area contributed by atoms with E-state index in [-0.39, 0.29) is 24.7 Å². The van der Waals surface area contributed by atoms with Crippen LogP contribution in [0, 0.1) is 0 Å². The van der Waals surface area contributed by atoms with E-state index in [1.54, 1.807) is 25.1 Å². The van der Waals surface area contributed by atoms with Gasteiger partial charge >= 0.3 is 0 Å². The molecule has 3 nitrogen and oxygen atoms in total. The zero-order valence-electron chi connectivity index (χ0n) is 8.23. The van der Waals surface area contributed by atoms with Crippen molar-refractivity contribution in [2.45, 2.75) is 18.4 Å². The van der Waals surface area contributed by atoms with Crippen LogP contribution in [0.1, 0.15) is 12.5 Å². The summed E-state index contributed by atoms with van der Waals surface area (Å²) >= 11 is 3.28. The van der Waals surface area contributed by atoms with Crippen LogP contribution in [-0.2, 0) is 16.4 Å². The lowest BCUT2D eigenvalue weighted by Crippen LogP contribution is -2.09. The fourth-order valence-electron chi connectivity index (χ4n) is 1.17. The number of nitrogens with two attached hydrogens (primary N) is 1. The molecule has 0 saturated heterocycles. The van der Waals surface area contributed by atoms with Gasteiger partial charge in [-0.25, -0.2) is 8.42 Å². The van der Waals surface area contributed by atoms with Crippen LogP contribution >= 0.6 is 28.3 Å². The molecule has 0 aromatic heterocycles. The van der Waals surface area contributed by atoms with Crippen LogP contribution in [0.4, 0.5) is 0 Å². The van der Waals surface area contributed by atoms with Crippen molar-refractivity contribution in [1.82, 2.24) is 0 Å². The van der Waals surface area contributed by atoms with E-state index in [0.29, 0.717) is 10.5 Å². The van der Waals surface area contributed by atoms with Crippen molar-refractivity contribution >= 4 is 38.2 Å². The Bertz CT molecular complexity index is 434. The third kappa shape index (κ3) is 3.45. The van der Waals surface area contributed by atoms with E-state index in [1.807, 2.05) is 0 Å². The minimum atomic E-state index is -3.16. The van der Waals surface area contributed by atoms with Gasteiger partial charge in [-0.1, -0.05) is 22.9 Å². The Hall–Kier alpha value is -0.100. The van der Waals surface area contributed by atoms with Crippen LogP contribution in [-0.4, -0.2) is 14.2 Å². The molecule has 0 saturated carbocycles. The fourth-order valence-corrected chi connectivity index (χ4v) is 2.70. The summed E-state index contributed by atoms with van der Waals surface area (Å²) in [6.45, 7) is 1.85. The number of sulfone groups is 1. The van der Waals surface area contributed by atoms with Gasteiger partial charge in [0.1, 0.15) is 0 Å². The molecule has 1 aromatic carbocycles. The molecule has 1 aromatic rings. The van der Waals surface area contributed by atoms with Gasteiger partial charge < -0.3 is 5.73 Å². The highest BCUT2D eigenvalue weighted by atomic mass is 79.9. The normalized spacial score (nSPS) is 10.9. The molecule has 0 bridgehead atoms. The third-order valence-corrected chi connectivity index (χ3v) is 4.28. The summed E-state index contributed by atoms with van der Waals surface area (Å²) in [4.78, 5) is 0.339. The van der Waals surface area contributed by atoms with Crippen molar-refractivity contribution in [3.05, 3.63) is 28.2 Å². The Morgan fingerprint density at radius 3 is 2.47 bits per heavy atom. The molecule has 0 aliphatic carbocycles. The largest absolute Gasteiger partial charge is 0.326 e. The second-order valence-corrected chi connectivity index (χ2v) is 6.02. The molecule has 86 valence electrons. The Morgan fingerprint density at radius 1 is 1.40 bits per heavy atom. The van der Waals surface area contributed by atoms with E-state index in [1.165, 1.54) is 0 Å². The summed E-state index contributed by atoms with van der Waals surface area (Å²) in [6, 6.07) is 5.04. The van der Waals surface area contributed by atoms with E-state index >= 15 is 0 Å². The first-order valence-corrected chi connectivity index (χ1v) is 6.67. The number of hydrogen-bond donors (Lipinski definition) is 1. The van der Waals surface area contributed by atoms with Crippen LogP contribution in [0.3, 0.4) is 0 Å². The van der Waals surface area contributed by atoms with Crippen molar-refractivity contribution in [1.29, 1.82) is 0 Å². The molecular formula is C9H13BrClNO2S. The Morgan fingerprint density at radius 2 is 2.00 bits per heavy atom. The number of benzene rings is 1. The lowest BCUT2D eigenvalue weighted by Gasteiger charge is -2.07. The zero-order chi connectivity index (χ0) is 10.8. The number of hydrogen-bond acceptors (Lipinski definition) is 3. The van der Waals surface area contributed by atoms with Gasteiger partial charge in [-0.05, 0) is 23.8 Å². The van der Waals surface area contributed by atoms with Crippen LogP contribution in [0.15, 0.2) is 27.6 Å². The number of rotatable bonds is 3. The molecule has 0 radical (unpaired) electrons. The van der Waals surface area contributed by atoms with E-state index in [2.05, 4.69) is 15.9 Å². The third-order valence-electron chi connectivity index (χ3n) is 1.96. The number of halogens is 2. The minimum Gasteiger partial charge on any atom is -0.326 e. The average molecular weight is 315 g/mol. The Labute approximate surface area is 105 Å². The van der Waals surface area contributed by atoms with Crippen LogP contribution < -0.4 is 5.73 Å². The van der Waals surface area contributed by atoms with Crippen molar-refractivity contribution in [3.8, 4) is 0 Å². The highest BCUT2D eigenvalue weighted by Crippen LogP contribution is 2.21. The topological polar surface area (TPSA) is 60.2 Å². The van der Waals surface area contributed by atoms with Crippen LogP contribution in [0.25, 0.3) is 0 Å². The molecule has 1 rings (SSSR count). The van der Waals surface area contributed by atoms with Crippen molar-refractivity contribution in [2.75, 3.05) is 5.75 Å². The second-order valence-electron chi connectivity index (χ2n) is 2.86. The maximum Gasteiger partial charge on any atom is 0.178 e. The molecule has 0 amide bonds. The lowest BCUT2D eigenvalue weighted by atomic mass is 10.2. The maximum absolute atomic E-state index is 11.6. The monoisotopic (exact) mass is 313 g/mol. The predicted octanol–water partition coefficient (Wildman–Crippen LogP) is 2.12. The van der Waals surface area contributed by atoms with Gasteiger partial charge in [-0.3, -0.25) is 0 Å². The highest BCUT2D eigenvalue weighted by Gasteiger charge is 2.15. The van der Waals surface area contributed by atoms with Gasteiger partial charge in [-0.2, -0.15) is 0 Å². The first-order chi connectivity index (χ1) is 6.51. The molecule has 0 fully saturated rings. The minimum absolute atomic E-state index is 0. The molecular weight excluding hydrogens is 302 g/mol. The SMILES string of the molecule is CCS(=O)(=O)c1ccc(Br)cc1CN.Cl. The second kappa shape index (κ2) is 5.84. The van der Waals surface area contributed by atoms with Gasteiger partial charge in [0.2, 0.25) is 0 Å². The predicted molar refractivity (Wildman–Crippen MR) is 67.0 cm³/mol. The van der Waals surface area contributed by atoms with E-state index in [0.717, 1.165) is 4.47 Å². The molecule has 0 unspecified atom stereocenters. The van der Waals surface area contributed by atoms with Gasteiger partial charge in [0.05, 0.1) is 10.6 Å².